The summed E-state index contributed by atoms with van der Waals surface area (Å²) in [6.45, 7) is 12.3. The van der Waals surface area contributed by atoms with Crippen LogP contribution in [0.1, 0.15) is 72.6 Å². The molecular weight excluding hydrogens is 288 g/mol. The molecule has 0 saturated heterocycles. The maximum absolute atomic E-state index is 12.6. The van der Waals surface area contributed by atoms with Crippen molar-refractivity contribution < 1.29 is 14.3 Å². The molecule has 0 aromatic heterocycles. The van der Waals surface area contributed by atoms with Gasteiger partial charge in [0.05, 0.1) is 5.57 Å². The fraction of sp³-hybridized carbons (Fsp3) is 0.750. The molecule has 1 spiro atoms. The molecule has 0 aromatic carbocycles. The van der Waals surface area contributed by atoms with Gasteiger partial charge in [-0.25, -0.2) is 4.79 Å². The molecule has 3 atom stereocenters. The summed E-state index contributed by atoms with van der Waals surface area (Å²) in [5, 5.41) is 0. The van der Waals surface area contributed by atoms with Crippen molar-refractivity contribution in [3.8, 4) is 0 Å². The molecule has 23 heavy (non-hydrogen) atoms. The highest BCUT2D eigenvalue weighted by Crippen LogP contribution is 2.47. The van der Waals surface area contributed by atoms with Gasteiger partial charge in [-0.1, -0.05) is 26.8 Å². The minimum absolute atomic E-state index is 0.160. The molecule has 3 heteroatoms. The van der Waals surface area contributed by atoms with Gasteiger partial charge in [-0.3, -0.25) is 0 Å². The zero-order valence-corrected chi connectivity index (χ0v) is 15.2. The summed E-state index contributed by atoms with van der Waals surface area (Å²) in [6, 6.07) is 0. The molecule has 1 aliphatic heterocycles. The maximum Gasteiger partial charge on any atom is 0.340 e. The standard InChI is InChI=1S/C20H32O3/c1-6-7-8-9-10-17-16(5)22-20(23-19(17)21)13-15(4)11-12-18(20)14(2)3/h6,14-15,18H,1,7-13H2,2-5H3/t15-,18+,20-/m1/s1. The van der Waals surface area contributed by atoms with Crippen LogP contribution in [0.25, 0.3) is 0 Å². The highest BCUT2D eigenvalue weighted by molar-refractivity contribution is 5.89. The molecule has 0 bridgehead atoms. The zero-order chi connectivity index (χ0) is 17.0. The molecular formula is C20H32O3. The lowest BCUT2D eigenvalue weighted by Crippen LogP contribution is -2.53. The lowest BCUT2D eigenvalue weighted by atomic mass is 9.72. The molecule has 0 N–H and O–H groups in total. The predicted octanol–water partition coefficient (Wildman–Crippen LogP) is 5.37. The molecule has 0 amide bonds. The first-order valence-corrected chi connectivity index (χ1v) is 9.12. The van der Waals surface area contributed by atoms with E-state index in [1.54, 1.807) is 0 Å². The van der Waals surface area contributed by atoms with Gasteiger partial charge in [0.2, 0.25) is 0 Å². The van der Waals surface area contributed by atoms with Crippen molar-refractivity contribution in [3.63, 3.8) is 0 Å². The summed E-state index contributed by atoms with van der Waals surface area (Å²) in [4.78, 5) is 12.6. The number of esters is 1. The van der Waals surface area contributed by atoms with E-state index in [4.69, 9.17) is 9.47 Å². The lowest BCUT2D eigenvalue weighted by Gasteiger charge is -2.48. The first-order valence-electron chi connectivity index (χ1n) is 9.12. The van der Waals surface area contributed by atoms with Gasteiger partial charge in [0.15, 0.2) is 0 Å². The molecule has 0 aromatic rings. The normalized spacial score (nSPS) is 31.3. The van der Waals surface area contributed by atoms with Crippen LogP contribution < -0.4 is 0 Å². The molecule has 2 rings (SSSR count). The lowest BCUT2D eigenvalue weighted by molar-refractivity contribution is -0.270. The Bertz CT molecular complexity index is 477. The fourth-order valence-electron chi connectivity index (χ4n) is 4.07. The van der Waals surface area contributed by atoms with Crippen LogP contribution in [-0.4, -0.2) is 11.8 Å². The number of allylic oxidation sites excluding steroid dienone is 2. The minimum atomic E-state index is -0.738. The third-order valence-electron chi connectivity index (χ3n) is 5.32. The van der Waals surface area contributed by atoms with Gasteiger partial charge in [-0.2, -0.15) is 0 Å². The average Bonchev–Trinajstić information content (AvgIpc) is 2.45. The van der Waals surface area contributed by atoms with Crippen molar-refractivity contribution in [2.75, 3.05) is 0 Å². The molecule has 1 aliphatic carbocycles. The molecule has 2 aliphatic rings. The number of hydrogen-bond acceptors (Lipinski definition) is 3. The van der Waals surface area contributed by atoms with Gasteiger partial charge < -0.3 is 9.47 Å². The van der Waals surface area contributed by atoms with Crippen LogP contribution in [0, 0.1) is 17.8 Å². The average molecular weight is 320 g/mol. The van der Waals surface area contributed by atoms with Crippen LogP contribution in [0.15, 0.2) is 24.0 Å². The van der Waals surface area contributed by atoms with E-state index < -0.39 is 5.79 Å². The number of hydrogen-bond donors (Lipinski definition) is 0. The SMILES string of the molecule is C=CCCCCC1=C(C)O[C@]2(C[C@H](C)CC[C@H]2C(C)C)OC1=O. The zero-order valence-electron chi connectivity index (χ0n) is 15.2. The number of carbonyl (C=O) groups excluding carboxylic acids is 1. The van der Waals surface area contributed by atoms with Crippen molar-refractivity contribution in [1.82, 2.24) is 0 Å². The molecule has 1 fully saturated rings. The Hall–Kier alpha value is -1.25. The number of unbranched alkanes of at least 4 members (excludes halogenated alkanes) is 2. The van der Waals surface area contributed by atoms with Gasteiger partial charge in [0.25, 0.3) is 5.79 Å². The summed E-state index contributed by atoms with van der Waals surface area (Å²) in [5.74, 6) is 1.13. The summed E-state index contributed by atoms with van der Waals surface area (Å²) in [5.41, 5.74) is 0.723. The van der Waals surface area contributed by atoms with E-state index in [1.165, 1.54) is 6.42 Å². The second-order valence-corrected chi connectivity index (χ2v) is 7.61. The summed E-state index contributed by atoms with van der Waals surface area (Å²) in [6.07, 6.45) is 8.70. The van der Waals surface area contributed by atoms with Gasteiger partial charge >= 0.3 is 5.97 Å². The van der Waals surface area contributed by atoms with E-state index in [1.807, 2.05) is 13.0 Å². The number of carbonyl (C=O) groups is 1. The van der Waals surface area contributed by atoms with E-state index in [9.17, 15) is 4.79 Å². The van der Waals surface area contributed by atoms with E-state index >= 15 is 0 Å². The van der Waals surface area contributed by atoms with Gasteiger partial charge in [-0.15, -0.1) is 6.58 Å². The largest absolute Gasteiger partial charge is 0.456 e. The first-order chi connectivity index (χ1) is 10.9. The topological polar surface area (TPSA) is 35.5 Å². The molecule has 3 nitrogen and oxygen atoms in total. The van der Waals surface area contributed by atoms with Crippen molar-refractivity contribution in [2.45, 2.75) is 78.4 Å². The van der Waals surface area contributed by atoms with Crippen molar-refractivity contribution in [1.29, 1.82) is 0 Å². The highest BCUT2D eigenvalue weighted by Gasteiger charge is 2.52. The van der Waals surface area contributed by atoms with Crippen LogP contribution in [-0.2, 0) is 14.3 Å². The van der Waals surface area contributed by atoms with Gasteiger partial charge in [-0.05, 0) is 57.3 Å². The predicted molar refractivity (Wildman–Crippen MR) is 92.6 cm³/mol. The van der Waals surface area contributed by atoms with Crippen molar-refractivity contribution in [2.24, 2.45) is 17.8 Å². The van der Waals surface area contributed by atoms with Crippen molar-refractivity contribution in [3.05, 3.63) is 24.0 Å². The van der Waals surface area contributed by atoms with E-state index in [0.29, 0.717) is 11.8 Å². The van der Waals surface area contributed by atoms with Gasteiger partial charge in [0, 0.05) is 12.3 Å². The Kier molecular flexibility index (Phi) is 5.94. The molecule has 130 valence electrons. The Morgan fingerprint density at radius 1 is 1.30 bits per heavy atom. The monoisotopic (exact) mass is 320 g/mol. The Morgan fingerprint density at radius 3 is 2.65 bits per heavy atom. The molecule has 1 heterocycles. The third-order valence-corrected chi connectivity index (χ3v) is 5.32. The number of ether oxygens (including phenoxy) is 2. The second-order valence-electron chi connectivity index (χ2n) is 7.61. The summed E-state index contributed by atoms with van der Waals surface area (Å²) < 4.78 is 12.3. The van der Waals surface area contributed by atoms with Crippen LogP contribution in [0.4, 0.5) is 0 Å². The van der Waals surface area contributed by atoms with Crippen LogP contribution in [0.3, 0.4) is 0 Å². The first kappa shape index (κ1) is 18.1. The maximum atomic E-state index is 12.6. The smallest absolute Gasteiger partial charge is 0.340 e. The van der Waals surface area contributed by atoms with Crippen LogP contribution in [0.2, 0.25) is 0 Å². The third kappa shape index (κ3) is 3.99. The van der Waals surface area contributed by atoms with E-state index in [2.05, 4.69) is 27.4 Å². The van der Waals surface area contributed by atoms with Crippen LogP contribution >= 0.6 is 0 Å². The van der Waals surface area contributed by atoms with Crippen molar-refractivity contribution >= 4 is 5.97 Å². The highest BCUT2D eigenvalue weighted by atomic mass is 16.7. The summed E-state index contributed by atoms with van der Waals surface area (Å²) in [7, 11) is 0. The molecule has 0 unspecified atom stereocenters. The number of rotatable bonds is 6. The van der Waals surface area contributed by atoms with Crippen LogP contribution in [0.5, 0.6) is 0 Å². The quantitative estimate of drug-likeness (QED) is 0.375. The molecule has 1 saturated carbocycles. The Morgan fingerprint density at radius 2 is 2.04 bits per heavy atom. The fourth-order valence-corrected chi connectivity index (χ4v) is 4.07. The summed E-state index contributed by atoms with van der Waals surface area (Å²) >= 11 is 0. The van der Waals surface area contributed by atoms with Gasteiger partial charge in [0.1, 0.15) is 5.76 Å². The second kappa shape index (κ2) is 7.55. The minimum Gasteiger partial charge on any atom is -0.456 e. The Balaban J connectivity index is 2.15. The van der Waals surface area contributed by atoms with E-state index in [0.717, 1.165) is 49.9 Å². The molecule has 0 radical (unpaired) electrons. The Labute approximate surface area is 141 Å². The van der Waals surface area contributed by atoms with E-state index in [-0.39, 0.29) is 11.9 Å².